The highest BCUT2D eigenvalue weighted by Crippen LogP contribution is 2.24. The summed E-state index contributed by atoms with van der Waals surface area (Å²) in [6.45, 7) is 0. The summed E-state index contributed by atoms with van der Waals surface area (Å²) in [6.07, 6.45) is 0. The van der Waals surface area contributed by atoms with E-state index in [0.29, 0.717) is 10.0 Å². The third-order valence-corrected chi connectivity index (χ3v) is 4.32. The molecule has 0 amide bonds. The lowest BCUT2D eigenvalue weighted by atomic mass is 10.1. The second-order valence-corrected chi connectivity index (χ2v) is 6.46. The first kappa shape index (κ1) is 15.9. The van der Waals surface area contributed by atoms with E-state index >= 15 is 0 Å². The number of halogens is 2. The molecule has 0 aliphatic heterocycles. The van der Waals surface area contributed by atoms with Gasteiger partial charge in [0.2, 0.25) is 0 Å². The second kappa shape index (κ2) is 6.75. The fourth-order valence-corrected chi connectivity index (χ4v) is 2.96. The van der Waals surface area contributed by atoms with Gasteiger partial charge in [-0.2, -0.15) is 0 Å². The summed E-state index contributed by atoms with van der Waals surface area (Å²) in [7, 11) is 0. The van der Waals surface area contributed by atoms with Crippen LogP contribution < -0.4 is 5.36 Å². The molecule has 1 heterocycles. The van der Waals surface area contributed by atoms with Gasteiger partial charge in [-0.1, -0.05) is 41.4 Å². The number of hydrogen-bond acceptors (Lipinski definition) is 2. The number of nitrogens with zero attached hydrogens (tertiary/aromatic N) is 1. The third-order valence-electron chi connectivity index (χ3n) is 3.84. The molecule has 25 heavy (non-hydrogen) atoms. The van der Waals surface area contributed by atoms with Gasteiger partial charge in [0.1, 0.15) is 11.3 Å². The first-order valence-corrected chi connectivity index (χ1v) is 8.54. The maximum Gasteiger partial charge on any atom is 0.136 e. The highest BCUT2D eigenvalue weighted by Gasteiger charge is 2.06. The molecule has 122 valence electrons. The largest absolute Gasteiger partial charge is 0.456 e. The van der Waals surface area contributed by atoms with E-state index in [4.69, 9.17) is 32.6 Å². The Kier molecular flexibility index (Phi) is 4.31. The van der Waals surface area contributed by atoms with Crippen molar-refractivity contribution in [3.8, 4) is 11.3 Å². The molecule has 0 bridgehead atoms. The van der Waals surface area contributed by atoms with Gasteiger partial charge < -0.3 is 4.42 Å². The van der Waals surface area contributed by atoms with Crippen molar-refractivity contribution < 1.29 is 4.42 Å². The Bertz CT molecular complexity index is 1110. The Morgan fingerprint density at radius 2 is 1.52 bits per heavy atom. The minimum atomic E-state index is 0.657. The van der Waals surface area contributed by atoms with Crippen molar-refractivity contribution in [3.63, 3.8) is 0 Å². The molecule has 0 saturated heterocycles. The van der Waals surface area contributed by atoms with Crippen molar-refractivity contribution in [2.45, 2.75) is 0 Å². The molecule has 2 nitrogen and oxygen atoms in total. The number of hydrogen-bond donors (Lipinski definition) is 0. The quantitative estimate of drug-likeness (QED) is 0.390. The summed E-state index contributed by atoms with van der Waals surface area (Å²) < 4.78 is 6.06. The van der Waals surface area contributed by atoms with Crippen LogP contribution in [0.15, 0.2) is 88.3 Å². The van der Waals surface area contributed by atoms with Crippen molar-refractivity contribution in [1.82, 2.24) is 0 Å². The monoisotopic (exact) mass is 365 g/mol. The molecule has 0 unspecified atom stereocenters. The third kappa shape index (κ3) is 3.46. The Labute approximate surface area is 155 Å². The van der Waals surface area contributed by atoms with Gasteiger partial charge in [0.05, 0.1) is 11.0 Å². The van der Waals surface area contributed by atoms with E-state index < -0.39 is 0 Å². The molecule has 0 fully saturated rings. The first-order chi connectivity index (χ1) is 12.2. The summed E-state index contributed by atoms with van der Waals surface area (Å²) in [5.74, 6) is 0.733. The predicted octanol–water partition coefficient (Wildman–Crippen LogP) is 6.64. The summed E-state index contributed by atoms with van der Waals surface area (Å²) in [5.41, 5.74) is 2.51. The van der Waals surface area contributed by atoms with Crippen molar-refractivity contribution in [1.29, 1.82) is 0 Å². The first-order valence-electron chi connectivity index (χ1n) is 7.78. The van der Waals surface area contributed by atoms with Crippen LogP contribution in [0.1, 0.15) is 0 Å². The Hall–Kier alpha value is -2.55. The minimum Gasteiger partial charge on any atom is -0.456 e. The van der Waals surface area contributed by atoms with E-state index in [1.54, 1.807) is 0 Å². The number of rotatable bonds is 2. The smallest absolute Gasteiger partial charge is 0.136 e. The molecule has 4 heteroatoms. The van der Waals surface area contributed by atoms with E-state index in [1.165, 1.54) is 0 Å². The molecule has 0 atom stereocenters. The lowest BCUT2D eigenvalue weighted by Gasteiger charge is -2.05. The van der Waals surface area contributed by atoms with Crippen LogP contribution in [0.4, 0.5) is 5.69 Å². The lowest BCUT2D eigenvalue weighted by molar-refractivity contribution is 0.618. The molecular weight excluding hydrogens is 353 g/mol. The highest BCUT2D eigenvalue weighted by molar-refractivity contribution is 6.31. The Morgan fingerprint density at radius 1 is 0.720 bits per heavy atom. The number of fused-ring (bicyclic) bond motifs is 1. The van der Waals surface area contributed by atoms with E-state index in [-0.39, 0.29) is 0 Å². The molecule has 4 rings (SSSR count). The fraction of sp³-hybridized carbons (Fsp3) is 0. The van der Waals surface area contributed by atoms with Crippen molar-refractivity contribution in [3.05, 3.63) is 94.3 Å². The van der Waals surface area contributed by atoms with Crippen LogP contribution in [0.3, 0.4) is 0 Å². The topological polar surface area (TPSA) is 25.5 Å². The molecule has 0 aliphatic carbocycles. The normalized spacial score (nSPS) is 11.8. The molecular formula is C21H13Cl2NO. The molecule has 1 aromatic heterocycles. The lowest BCUT2D eigenvalue weighted by Crippen LogP contribution is -2.02. The molecule has 0 aliphatic rings. The van der Waals surface area contributed by atoms with Gasteiger partial charge in [-0.3, -0.25) is 0 Å². The van der Waals surface area contributed by atoms with E-state index in [2.05, 4.69) is 0 Å². The van der Waals surface area contributed by atoms with Gasteiger partial charge in [-0.15, -0.1) is 0 Å². The molecule has 0 radical (unpaired) electrons. The van der Waals surface area contributed by atoms with E-state index in [0.717, 1.165) is 33.3 Å². The highest BCUT2D eigenvalue weighted by atomic mass is 35.5. The molecule has 0 N–H and O–H groups in total. The van der Waals surface area contributed by atoms with Crippen LogP contribution in [0.5, 0.6) is 0 Å². The standard InChI is InChI=1S/C21H13Cl2NO/c22-15-10-8-14(9-11-15)21-13-19(18-6-1-2-7-20(18)25-21)24-17-5-3-4-16(23)12-17/h1-13H. The summed E-state index contributed by atoms with van der Waals surface area (Å²) in [6, 6.07) is 24.8. The Balaban J connectivity index is 1.97. The van der Waals surface area contributed by atoms with Crippen molar-refractivity contribution >= 4 is 39.9 Å². The molecule has 0 spiro atoms. The van der Waals surface area contributed by atoms with Crippen molar-refractivity contribution in [2.75, 3.05) is 0 Å². The van der Waals surface area contributed by atoms with Crippen LogP contribution >= 0.6 is 23.2 Å². The van der Waals surface area contributed by atoms with Gasteiger partial charge in [-0.05, 0) is 54.6 Å². The number of benzene rings is 3. The van der Waals surface area contributed by atoms with Gasteiger partial charge in [0, 0.05) is 27.1 Å². The van der Waals surface area contributed by atoms with Gasteiger partial charge in [0.15, 0.2) is 0 Å². The van der Waals surface area contributed by atoms with E-state index in [9.17, 15) is 0 Å². The van der Waals surface area contributed by atoms with Crippen LogP contribution in [0.25, 0.3) is 22.3 Å². The second-order valence-electron chi connectivity index (χ2n) is 5.59. The molecule has 0 saturated carbocycles. The summed E-state index contributed by atoms with van der Waals surface area (Å²) in [5, 5.41) is 3.12. The van der Waals surface area contributed by atoms with Gasteiger partial charge in [0.25, 0.3) is 0 Å². The maximum atomic E-state index is 6.08. The van der Waals surface area contributed by atoms with Crippen LogP contribution in [0, 0.1) is 0 Å². The average molecular weight is 366 g/mol. The molecule has 4 aromatic rings. The van der Waals surface area contributed by atoms with E-state index in [1.807, 2.05) is 78.9 Å². The SMILES string of the molecule is Clc1ccc(-c2cc(=Nc3cccc(Cl)c3)c3ccccc3o2)cc1. The zero-order valence-electron chi connectivity index (χ0n) is 13.1. The average Bonchev–Trinajstić information content (AvgIpc) is 2.62. The van der Waals surface area contributed by atoms with Crippen LogP contribution in [0.2, 0.25) is 10.0 Å². The van der Waals surface area contributed by atoms with Gasteiger partial charge in [-0.25, -0.2) is 4.99 Å². The maximum absolute atomic E-state index is 6.08. The van der Waals surface area contributed by atoms with Crippen LogP contribution in [-0.2, 0) is 0 Å². The molecule has 3 aromatic carbocycles. The summed E-state index contributed by atoms with van der Waals surface area (Å²) >= 11 is 12.1. The minimum absolute atomic E-state index is 0.657. The summed E-state index contributed by atoms with van der Waals surface area (Å²) in [4.78, 5) is 4.76. The zero-order valence-corrected chi connectivity index (χ0v) is 14.6. The predicted molar refractivity (Wildman–Crippen MR) is 103 cm³/mol. The fourth-order valence-electron chi connectivity index (χ4n) is 2.65. The van der Waals surface area contributed by atoms with Gasteiger partial charge >= 0.3 is 0 Å². The number of para-hydroxylation sites is 1. The Morgan fingerprint density at radius 3 is 2.32 bits per heavy atom. The van der Waals surface area contributed by atoms with Crippen molar-refractivity contribution in [2.24, 2.45) is 4.99 Å². The zero-order chi connectivity index (χ0) is 17.2. The van der Waals surface area contributed by atoms with Crippen LogP contribution in [-0.4, -0.2) is 0 Å².